The van der Waals surface area contributed by atoms with Crippen molar-refractivity contribution in [2.75, 3.05) is 0 Å². The van der Waals surface area contributed by atoms with E-state index in [4.69, 9.17) is 21.8 Å². The van der Waals surface area contributed by atoms with Gasteiger partial charge in [0.05, 0.1) is 5.02 Å². The Morgan fingerprint density at radius 1 is 1.16 bits per heavy atom. The molecule has 0 aliphatic rings. The van der Waals surface area contributed by atoms with Crippen LogP contribution in [0.5, 0.6) is 0 Å². The van der Waals surface area contributed by atoms with Gasteiger partial charge >= 0.3 is 0 Å². The molecule has 0 bridgehead atoms. The molecule has 0 spiro atoms. The Labute approximate surface area is 149 Å². The highest BCUT2D eigenvalue weighted by Crippen LogP contribution is 2.30. The first-order valence-electron chi connectivity index (χ1n) is 7.79. The largest absolute Gasteiger partial charge is 0.449 e. The van der Waals surface area contributed by atoms with Gasteiger partial charge in [-0.05, 0) is 18.6 Å². The second kappa shape index (κ2) is 6.99. The molecule has 25 heavy (non-hydrogen) atoms. The van der Waals surface area contributed by atoms with E-state index in [9.17, 15) is 9.59 Å². The second-order valence-corrected chi connectivity index (χ2v) is 6.20. The Morgan fingerprint density at radius 3 is 2.52 bits per heavy atom. The van der Waals surface area contributed by atoms with Gasteiger partial charge in [-0.2, -0.15) is 0 Å². The molecule has 2 aromatic carbocycles. The number of primary amides is 1. The summed E-state index contributed by atoms with van der Waals surface area (Å²) >= 11 is 6.11. The lowest BCUT2D eigenvalue weighted by molar-refractivity contribution is -0.119. The molecule has 1 heterocycles. The molecule has 1 unspecified atom stereocenters. The van der Waals surface area contributed by atoms with Crippen LogP contribution in [0.25, 0.3) is 11.0 Å². The smallest absolute Gasteiger partial charge is 0.287 e. The number of rotatable bonds is 5. The molecule has 128 valence electrons. The zero-order valence-corrected chi connectivity index (χ0v) is 14.3. The fourth-order valence-corrected chi connectivity index (χ4v) is 2.93. The third kappa shape index (κ3) is 3.51. The lowest BCUT2D eigenvalue weighted by Crippen LogP contribution is -2.45. The number of hydrogen-bond donors (Lipinski definition) is 2. The number of carbonyl (C=O) groups excluding carboxylic acids is 2. The van der Waals surface area contributed by atoms with Crippen molar-refractivity contribution in [2.24, 2.45) is 5.73 Å². The molecular weight excluding hydrogens is 340 g/mol. The molecule has 3 aromatic rings. The van der Waals surface area contributed by atoms with Crippen molar-refractivity contribution in [3.8, 4) is 0 Å². The number of benzene rings is 2. The zero-order chi connectivity index (χ0) is 18.0. The molecule has 0 aliphatic carbocycles. The minimum atomic E-state index is -0.835. The van der Waals surface area contributed by atoms with E-state index >= 15 is 0 Å². The number of carbonyl (C=O) groups is 2. The zero-order valence-electron chi connectivity index (χ0n) is 13.6. The van der Waals surface area contributed by atoms with E-state index in [-0.39, 0.29) is 5.76 Å². The van der Waals surface area contributed by atoms with E-state index in [2.05, 4.69) is 5.32 Å². The Hall–Kier alpha value is -2.79. The Kier molecular flexibility index (Phi) is 4.76. The molecule has 0 radical (unpaired) electrons. The summed E-state index contributed by atoms with van der Waals surface area (Å²) in [5.41, 5.74) is 7.46. The van der Waals surface area contributed by atoms with Gasteiger partial charge in [0.2, 0.25) is 5.91 Å². The van der Waals surface area contributed by atoms with Crippen molar-refractivity contribution in [1.29, 1.82) is 0 Å². The Morgan fingerprint density at radius 2 is 1.88 bits per heavy atom. The van der Waals surface area contributed by atoms with Gasteiger partial charge in [0.15, 0.2) is 11.3 Å². The van der Waals surface area contributed by atoms with Crippen LogP contribution in [-0.2, 0) is 11.2 Å². The average Bonchev–Trinajstić information content (AvgIpc) is 2.94. The number of hydrogen-bond acceptors (Lipinski definition) is 3. The van der Waals surface area contributed by atoms with E-state index < -0.39 is 17.9 Å². The number of nitrogens with two attached hydrogens (primary N) is 1. The number of para-hydroxylation sites is 1. The van der Waals surface area contributed by atoms with Gasteiger partial charge < -0.3 is 15.5 Å². The first-order chi connectivity index (χ1) is 12.0. The van der Waals surface area contributed by atoms with E-state index in [1.54, 1.807) is 19.1 Å². The molecule has 6 heteroatoms. The summed E-state index contributed by atoms with van der Waals surface area (Å²) in [4.78, 5) is 24.3. The van der Waals surface area contributed by atoms with Crippen molar-refractivity contribution < 1.29 is 14.0 Å². The summed E-state index contributed by atoms with van der Waals surface area (Å²) in [6, 6.07) is 13.8. The van der Waals surface area contributed by atoms with Crippen molar-refractivity contribution >= 4 is 34.4 Å². The summed E-state index contributed by atoms with van der Waals surface area (Å²) < 4.78 is 5.63. The first-order valence-corrected chi connectivity index (χ1v) is 8.17. The lowest BCUT2D eigenvalue weighted by Gasteiger charge is -2.15. The molecular formula is C19H17ClN2O3. The topological polar surface area (TPSA) is 85.3 Å². The van der Waals surface area contributed by atoms with Crippen LogP contribution in [0.15, 0.2) is 52.9 Å². The highest BCUT2D eigenvalue weighted by atomic mass is 35.5. The van der Waals surface area contributed by atoms with Gasteiger partial charge in [-0.1, -0.05) is 54.1 Å². The number of fused-ring (bicyclic) bond motifs is 1. The molecule has 0 aliphatic heterocycles. The standard InChI is InChI=1S/C19H17ClN2O3/c1-11-13-8-5-9-14(20)17(13)25-16(11)19(24)22-15(18(21)23)10-12-6-3-2-4-7-12/h2-9,15H,10H2,1H3,(H2,21,23)(H,22,24). The Bertz CT molecular complexity index is 934. The van der Waals surface area contributed by atoms with Gasteiger partial charge in [-0.3, -0.25) is 9.59 Å². The van der Waals surface area contributed by atoms with Crippen LogP contribution in [0.4, 0.5) is 0 Å². The van der Waals surface area contributed by atoms with E-state index in [1.165, 1.54) is 0 Å². The molecule has 5 nitrogen and oxygen atoms in total. The number of furan rings is 1. The summed E-state index contributed by atoms with van der Waals surface area (Å²) in [6.45, 7) is 1.77. The number of aryl methyl sites for hydroxylation is 1. The average molecular weight is 357 g/mol. The maximum absolute atomic E-state index is 12.6. The lowest BCUT2D eigenvalue weighted by atomic mass is 10.1. The normalized spacial score (nSPS) is 12.1. The van der Waals surface area contributed by atoms with Crippen LogP contribution >= 0.6 is 11.6 Å². The molecule has 0 saturated heterocycles. The first kappa shape index (κ1) is 17.0. The third-order valence-electron chi connectivity index (χ3n) is 4.05. The summed E-state index contributed by atoms with van der Waals surface area (Å²) in [6.07, 6.45) is 0.307. The molecule has 3 N–H and O–H groups in total. The van der Waals surface area contributed by atoms with Gasteiger partial charge in [-0.25, -0.2) is 0 Å². The maximum Gasteiger partial charge on any atom is 0.287 e. The van der Waals surface area contributed by atoms with Crippen LogP contribution < -0.4 is 11.1 Å². The highest BCUT2D eigenvalue weighted by molar-refractivity contribution is 6.35. The van der Waals surface area contributed by atoms with Crippen LogP contribution in [0.3, 0.4) is 0 Å². The number of nitrogens with one attached hydrogen (secondary N) is 1. The van der Waals surface area contributed by atoms with Crippen LogP contribution in [0.2, 0.25) is 5.02 Å². The van der Waals surface area contributed by atoms with Crippen LogP contribution in [0, 0.1) is 6.92 Å². The monoisotopic (exact) mass is 356 g/mol. The van der Waals surface area contributed by atoms with Crippen molar-refractivity contribution in [3.63, 3.8) is 0 Å². The number of amides is 2. The fraction of sp³-hybridized carbons (Fsp3) is 0.158. The second-order valence-electron chi connectivity index (χ2n) is 5.79. The molecule has 1 aromatic heterocycles. The molecule has 0 fully saturated rings. The van der Waals surface area contributed by atoms with Crippen molar-refractivity contribution in [2.45, 2.75) is 19.4 Å². The highest BCUT2D eigenvalue weighted by Gasteiger charge is 2.24. The third-order valence-corrected chi connectivity index (χ3v) is 4.35. The van der Waals surface area contributed by atoms with Crippen molar-refractivity contribution in [3.05, 3.63) is 70.4 Å². The maximum atomic E-state index is 12.6. The molecule has 0 saturated carbocycles. The van der Waals surface area contributed by atoms with Gasteiger partial charge in [0, 0.05) is 17.4 Å². The van der Waals surface area contributed by atoms with E-state index in [1.807, 2.05) is 36.4 Å². The summed E-state index contributed by atoms with van der Waals surface area (Å²) in [7, 11) is 0. The van der Waals surface area contributed by atoms with E-state index in [0.717, 1.165) is 10.9 Å². The van der Waals surface area contributed by atoms with Crippen molar-refractivity contribution in [1.82, 2.24) is 5.32 Å². The predicted molar refractivity (Wildman–Crippen MR) is 96.6 cm³/mol. The predicted octanol–water partition coefficient (Wildman–Crippen LogP) is 3.22. The van der Waals surface area contributed by atoms with Gasteiger partial charge in [0.1, 0.15) is 6.04 Å². The fourth-order valence-electron chi connectivity index (χ4n) is 2.72. The minimum Gasteiger partial charge on any atom is -0.449 e. The van der Waals surface area contributed by atoms with E-state index in [0.29, 0.717) is 22.6 Å². The summed E-state index contributed by atoms with van der Waals surface area (Å²) in [5, 5.41) is 3.84. The summed E-state index contributed by atoms with van der Waals surface area (Å²) in [5.74, 6) is -0.976. The number of halogens is 1. The van der Waals surface area contributed by atoms with Crippen LogP contribution in [0.1, 0.15) is 21.7 Å². The quantitative estimate of drug-likeness (QED) is 0.736. The van der Waals surface area contributed by atoms with Crippen LogP contribution in [-0.4, -0.2) is 17.9 Å². The molecule has 2 amide bonds. The molecule has 1 atom stereocenters. The Balaban J connectivity index is 1.86. The SMILES string of the molecule is Cc1c(C(=O)NC(Cc2ccccc2)C(N)=O)oc2c(Cl)cccc12. The van der Waals surface area contributed by atoms with Gasteiger partial charge in [0.25, 0.3) is 5.91 Å². The minimum absolute atomic E-state index is 0.127. The van der Waals surface area contributed by atoms with Gasteiger partial charge in [-0.15, -0.1) is 0 Å². The molecule has 3 rings (SSSR count).